The van der Waals surface area contributed by atoms with E-state index in [0.717, 1.165) is 30.8 Å². The second-order valence-electron chi connectivity index (χ2n) is 6.08. The van der Waals surface area contributed by atoms with E-state index in [0.29, 0.717) is 18.2 Å². The molecule has 1 aromatic heterocycles. The molecule has 0 radical (unpaired) electrons. The summed E-state index contributed by atoms with van der Waals surface area (Å²) in [4.78, 5) is 27.6. The molecule has 0 bridgehead atoms. The van der Waals surface area contributed by atoms with Gasteiger partial charge in [0.15, 0.2) is 0 Å². The van der Waals surface area contributed by atoms with Crippen molar-refractivity contribution in [3.63, 3.8) is 0 Å². The third-order valence-corrected chi connectivity index (χ3v) is 5.24. The van der Waals surface area contributed by atoms with Crippen molar-refractivity contribution < 1.29 is 9.59 Å². The highest BCUT2D eigenvalue weighted by Gasteiger charge is 2.29. The zero-order valence-corrected chi connectivity index (χ0v) is 13.9. The quantitative estimate of drug-likeness (QED) is 0.839. The Morgan fingerprint density at radius 1 is 1.45 bits per heavy atom. The van der Waals surface area contributed by atoms with Gasteiger partial charge in [-0.15, -0.1) is 11.8 Å². The lowest BCUT2D eigenvalue weighted by Gasteiger charge is -2.34. The van der Waals surface area contributed by atoms with E-state index in [-0.39, 0.29) is 24.4 Å². The Kier molecular flexibility index (Phi) is 4.42. The molecule has 1 aromatic rings. The minimum atomic E-state index is 0.0575. The highest BCUT2D eigenvalue weighted by atomic mass is 32.2. The molecule has 6 nitrogen and oxygen atoms in total. The van der Waals surface area contributed by atoms with Crippen LogP contribution in [0.1, 0.15) is 30.3 Å². The second-order valence-corrected chi connectivity index (χ2v) is 7.03. The summed E-state index contributed by atoms with van der Waals surface area (Å²) in [7, 11) is 0. The van der Waals surface area contributed by atoms with Crippen molar-refractivity contribution in [2.75, 3.05) is 31.3 Å². The Labute approximate surface area is 134 Å². The first-order valence-corrected chi connectivity index (χ1v) is 8.86. The summed E-state index contributed by atoms with van der Waals surface area (Å²) in [6.45, 7) is 5.74. The van der Waals surface area contributed by atoms with Crippen molar-refractivity contribution in [1.29, 1.82) is 0 Å². The second kappa shape index (κ2) is 6.32. The molecule has 2 saturated heterocycles. The number of carbonyl (C=O) groups is 2. The molecule has 0 N–H and O–H groups in total. The first-order valence-electron chi connectivity index (χ1n) is 7.70. The summed E-state index contributed by atoms with van der Waals surface area (Å²) in [5.74, 6) is 1.27. The van der Waals surface area contributed by atoms with Crippen molar-refractivity contribution in [1.82, 2.24) is 19.6 Å². The molecule has 2 fully saturated rings. The molecule has 0 aromatic carbocycles. The third-order valence-electron chi connectivity index (χ3n) is 4.29. The SMILES string of the molecule is Cc1cc(C)n([C@H]2CCCN(C(=O)CN3CSCC3=O)C2)n1. The molecular formula is C15H22N4O2S. The first kappa shape index (κ1) is 15.4. The number of hydrogen-bond donors (Lipinski definition) is 0. The van der Waals surface area contributed by atoms with Crippen LogP contribution in [0.2, 0.25) is 0 Å². The normalized spacial score (nSPS) is 22.5. The molecule has 22 heavy (non-hydrogen) atoms. The van der Waals surface area contributed by atoms with Crippen LogP contribution >= 0.6 is 11.8 Å². The maximum absolute atomic E-state index is 12.5. The largest absolute Gasteiger partial charge is 0.339 e. The Morgan fingerprint density at radius 2 is 2.27 bits per heavy atom. The summed E-state index contributed by atoms with van der Waals surface area (Å²) >= 11 is 1.57. The summed E-state index contributed by atoms with van der Waals surface area (Å²) in [6.07, 6.45) is 2.03. The predicted molar refractivity (Wildman–Crippen MR) is 85.6 cm³/mol. The number of hydrogen-bond acceptors (Lipinski definition) is 4. The van der Waals surface area contributed by atoms with Crippen LogP contribution in [0.15, 0.2) is 6.07 Å². The Hall–Kier alpha value is -1.50. The van der Waals surface area contributed by atoms with Crippen molar-refractivity contribution in [2.45, 2.75) is 32.7 Å². The van der Waals surface area contributed by atoms with Crippen LogP contribution in [0, 0.1) is 13.8 Å². The third kappa shape index (κ3) is 3.14. The van der Waals surface area contributed by atoms with Crippen LogP contribution in [0.3, 0.4) is 0 Å². The van der Waals surface area contributed by atoms with Gasteiger partial charge in [0, 0.05) is 18.8 Å². The van der Waals surface area contributed by atoms with Gasteiger partial charge in [0.25, 0.3) is 0 Å². The number of aromatic nitrogens is 2. The van der Waals surface area contributed by atoms with E-state index in [9.17, 15) is 9.59 Å². The Morgan fingerprint density at radius 3 is 2.91 bits per heavy atom. The van der Waals surface area contributed by atoms with E-state index in [1.807, 2.05) is 16.5 Å². The molecule has 0 spiro atoms. The molecule has 7 heteroatoms. The molecule has 120 valence electrons. The van der Waals surface area contributed by atoms with Crippen molar-refractivity contribution in [3.05, 3.63) is 17.5 Å². The van der Waals surface area contributed by atoms with Crippen molar-refractivity contribution in [3.8, 4) is 0 Å². The molecular weight excluding hydrogens is 300 g/mol. The summed E-state index contributed by atoms with van der Waals surface area (Å²) in [5.41, 5.74) is 2.16. The monoisotopic (exact) mass is 322 g/mol. The van der Waals surface area contributed by atoms with Gasteiger partial charge < -0.3 is 9.80 Å². The number of thioether (sulfide) groups is 1. The highest BCUT2D eigenvalue weighted by Crippen LogP contribution is 2.23. The van der Waals surface area contributed by atoms with Crippen LogP contribution in [-0.2, 0) is 9.59 Å². The van der Waals surface area contributed by atoms with E-state index in [1.54, 1.807) is 16.7 Å². The van der Waals surface area contributed by atoms with E-state index >= 15 is 0 Å². The fraction of sp³-hybridized carbons (Fsp3) is 0.667. The van der Waals surface area contributed by atoms with E-state index in [2.05, 4.69) is 18.1 Å². The number of amides is 2. The molecule has 0 unspecified atom stereocenters. The molecule has 0 aliphatic carbocycles. The Balaban J connectivity index is 1.64. The van der Waals surface area contributed by atoms with Crippen LogP contribution < -0.4 is 0 Å². The summed E-state index contributed by atoms with van der Waals surface area (Å²) in [5, 5.41) is 4.55. The van der Waals surface area contributed by atoms with Crippen LogP contribution in [-0.4, -0.2) is 62.7 Å². The van der Waals surface area contributed by atoms with Gasteiger partial charge in [-0.2, -0.15) is 5.10 Å². The van der Waals surface area contributed by atoms with Gasteiger partial charge >= 0.3 is 0 Å². The maximum atomic E-state index is 12.5. The van der Waals surface area contributed by atoms with E-state index in [4.69, 9.17) is 0 Å². The predicted octanol–water partition coefficient (Wildman–Crippen LogP) is 1.20. The number of aryl methyl sites for hydroxylation is 2. The van der Waals surface area contributed by atoms with E-state index in [1.165, 1.54) is 0 Å². The number of rotatable bonds is 3. The van der Waals surface area contributed by atoms with Gasteiger partial charge in [0.05, 0.1) is 23.4 Å². The summed E-state index contributed by atoms with van der Waals surface area (Å²) < 4.78 is 2.05. The highest BCUT2D eigenvalue weighted by molar-refractivity contribution is 8.00. The lowest BCUT2D eigenvalue weighted by Crippen LogP contribution is -2.46. The smallest absolute Gasteiger partial charge is 0.242 e. The topological polar surface area (TPSA) is 58.4 Å². The molecule has 0 saturated carbocycles. The lowest BCUT2D eigenvalue weighted by atomic mass is 10.1. The van der Waals surface area contributed by atoms with Gasteiger partial charge in [-0.3, -0.25) is 14.3 Å². The van der Waals surface area contributed by atoms with Gasteiger partial charge in [0.2, 0.25) is 11.8 Å². The molecule has 1 atom stereocenters. The number of piperidine rings is 1. The molecule has 2 aliphatic heterocycles. The standard InChI is InChI=1S/C15H22N4O2S/c1-11-6-12(2)19(16-11)13-4-3-5-17(7-13)14(20)8-18-10-22-9-15(18)21/h6,13H,3-5,7-10H2,1-2H3/t13-/m0/s1. The Bertz CT molecular complexity index is 586. The summed E-state index contributed by atoms with van der Waals surface area (Å²) in [6, 6.07) is 2.32. The first-order chi connectivity index (χ1) is 10.5. The number of likely N-dealkylation sites (tertiary alicyclic amines) is 1. The number of carbonyl (C=O) groups excluding carboxylic acids is 2. The van der Waals surface area contributed by atoms with Gasteiger partial charge in [0.1, 0.15) is 6.54 Å². The molecule has 2 aliphatic rings. The van der Waals surface area contributed by atoms with Crippen LogP contribution in [0.5, 0.6) is 0 Å². The zero-order chi connectivity index (χ0) is 15.7. The average molecular weight is 322 g/mol. The van der Waals surface area contributed by atoms with Crippen LogP contribution in [0.25, 0.3) is 0 Å². The molecule has 2 amide bonds. The van der Waals surface area contributed by atoms with Gasteiger partial charge in [-0.1, -0.05) is 0 Å². The minimum absolute atomic E-state index is 0.0575. The average Bonchev–Trinajstić information content (AvgIpc) is 3.05. The number of nitrogens with zero attached hydrogens (tertiary/aromatic N) is 4. The lowest BCUT2D eigenvalue weighted by molar-refractivity contribution is -0.139. The molecule has 3 rings (SSSR count). The maximum Gasteiger partial charge on any atom is 0.242 e. The van der Waals surface area contributed by atoms with Crippen molar-refractivity contribution >= 4 is 23.6 Å². The van der Waals surface area contributed by atoms with Crippen LogP contribution in [0.4, 0.5) is 0 Å². The zero-order valence-electron chi connectivity index (χ0n) is 13.1. The van der Waals surface area contributed by atoms with Gasteiger partial charge in [-0.05, 0) is 32.8 Å². The van der Waals surface area contributed by atoms with E-state index < -0.39 is 0 Å². The van der Waals surface area contributed by atoms with Gasteiger partial charge in [-0.25, -0.2) is 0 Å². The minimum Gasteiger partial charge on any atom is -0.339 e. The molecule has 3 heterocycles. The fourth-order valence-electron chi connectivity index (χ4n) is 3.20. The fourth-order valence-corrected chi connectivity index (χ4v) is 4.10. The van der Waals surface area contributed by atoms with Crippen molar-refractivity contribution in [2.24, 2.45) is 0 Å².